The van der Waals surface area contributed by atoms with E-state index in [0.717, 1.165) is 11.1 Å². The van der Waals surface area contributed by atoms with Gasteiger partial charge in [0.1, 0.15) is 11.5 Å². The molecule has 5 rings (SSSR count). The molecule has 0 unspecified atom stereocenters. The van der Waals surface area contributed by atoms with Gasteiger partial charge in [-0.15, -0.1) is 0 Å². The highest BCUT2D eigenvalue weighted by molar-refractivity contribution is 6.09. The number of rotatable bonds is 6. The normalized spacial score (nSPS) is 10.7. The first-order chi connectivity index (χ1) is 16.2. The fraction of sp³-hybridized carbons (Fsp3) is 0. The Morgan fingerprint density at radius 1 is 0.394 bits per heavy atom. The Balaban J connectivity index is 1.33. The molecule has 0 saturated heterocycles. The average molecular weight is 428 g/mol. The summed E-state index contributed by atoms with van der Waals surface area (Å²) < 4.78 is 6.06. The predicted octanol–water partition coefficient (Wildman–Crippen LogP) is 7.08. The van der Waals surface area contributed by atoms with E-state index in [1.165, 1.54) is 0 Å². The van der Waals surface area contributed by atoms with E-state index in [-0.39, 0.29) is 11.6 Å². The lowest BCUT2D eigenvalue weighted by molar-refractivity contribution is 0.103. The van der Waals surface area contributed by atoms with Crippen molar-refractivity contribution in [3.05, 3.63) is 144 Å². The standard InChI is InChI=1S/C30H20O3/c31-29(23-7-3-1-4-8-23)25-15-11-21(12-16-25)27-19-20-28(33-27)22-13-17-26(18-14-22)30(32)24-9-5-2-6-10-24/h1-20H. The van der Waals surface area contributed by atoms with E-state index in [4.69, 9.17) is 4.42 Å². The lowest BCUT2D eigenvalue weighted by Gasteiger charge is -2.04. The number of hydrogen-bond acceptors (Lipinski definition) is 3. The number of benzene rings is 4. The highest BCUT2D eigenvalue weighted by atomic mass is 16.3. The van der Waals surface area contributed by atoms with Gasteiger partial charge in [0, 0.05) is 33.4 Å². The van der Waals surface area contributed by atoms with Crippen molar-refractivity contribution in [1.82, 2.24) is 0 Å². The molecule has 0 N–H and O–H groups in total. The highest BCUT2D eigenvalue weighted by Crippen LogP contribution is 2.29. The second kappa shape index (κ2) is 8.93. The topological polar surface area (TPSA) is 47.3 Å². The molecular weight excluding hydrogens is 408 g/mol. The Bertz CT molecular complexity index is 1290. The van der Waals surface area contributed by atoms with Crippen molar-refractivity contribution >= 4 is 11.6 Å². The molecule has 158 valence electrons. The molecule has 33 heavy (non-hydrogen) atoms. The zero-order valence-electron chi connectivity index (χ0n) is 17.8. The molecule has 0 aliphatic carbocycles. The molecule has 0 fully saturated rings. The van der Waals surface area contributed by atoms with Crippen LogP contribution < -0.4 is 0 Å². The van der Waals surface area contributed by atoms with E-state index in [0.29, 0.717) is 33.8 Å². The number of hydrogen-bond donors (Lipinski definition) is 0. The SMILES string of the molecule is O=C(c1ccccc1)c1ccc(-c2ccc(-c3ccc(C(=O)c4ccccc4)cc3)o2)cc1. The second-order valence-electron chi connectivity index (χ2n) is 7.71. The Morgan fingerprint density at radius 3 is 1.09 bits per heavy atom. The van der Waals surface area contributed by atoms with Gasteiger partial charge in [0.05, 0.1) is 0 Å². The van der Waals surface area contributed by atoms with Crippen LogP contribution in [0.25, 0.3) is 22.6 Å². The molecule has 0 aliphatic heterocycles. The molecule has 0 atom stereocenters. The molecule has 0 amide bonds. The van der Waals surface area contributed by atoms with Crippen molar-refractivity contribution < 1.29 is 14.0 Å². The van der Waals surface area contributed by atoms with Crippen LogP contribution in [-0.2, 0) is 0 Å². The van der Waals surface area contributed by atoms with Crippen molar-refractivity contribution in [2.45, 2.75) is 0 Å². The van der Waals surface area contributed by atoms with E-state index in [1.807, 2.05) is 121 Å². The lowest BCUT2D eigenvalue weighted by atomic mass is 10.0. The summed E-state index contributed by atoms with van der Waals surface area (Å²) in [6, 6.07) is 37.1. The smallest absolute Gasteiger partial charge is 0.193 e. The first kappa shape index (κ1) is 20.4. The van der Waals surface area contributed by atoms with Crippen LogP contribution in [0, 0.1) is 0 Å². The van der Waals surface area contributed by atoms with Crippen LogP contribution in [0.4, 0.5) is 0 Å². The largest absolute Gasteiger partial charge is 0.456 e. The van der Waals surface area contributed by atoms with Gasteiger partial charge in [-0.05, 0) is 12.1 Å². The summed E-state index contributed by atoms with van der Waals surface area (Å²) in [6.07, 6.45) is 0. The van der Waals surface area contributed by atoms with E-state index in [1.54, 1.807) is 0 Å². The summed E-state index contributed by atoms with van der Waals surface area (Å²) in [5.41, 5.74) is 4.38. The van der Waals surface area contributed by atoms with Crippen molar-refractivity contribution in [3.63, 3.8) is 0 Å². The van der Waals surface area contributed by atoms with Crippen LogP contribution >= 0.6 is 0 Å². The fourth-order valence-electron chi connectivity index (χ4n) is 3.73. The van der Waals surface area contributed by atoms with Gasteiger partial charge in [0.2, 0.25) is 0 Å². The summed E-state index contributed by atoms with van der Waals surface area (Å²) >= 11 is 0. The molecule has 0 aliphatic rings. The molecule has 5 aromatic rings. The van der Waals surface area contributed by atoms with Crippen LogP contribution in [0.3, 0.4) is 0 Å². The van der Waals surface area contributed by atoms with Crippen LogP contribution in [0.15, 0.2) is 126 Å². The van der Waals surface area contributed by atoms with Crippen molar-refractivity contribution in [2.75, 3.05) is 0 Å². The zero-order valence-corrected chi connectivity index (χ0v) is 17.8. The highest BCUT2D eigenvalue weighted by Gasteiger charge is 2.12. The van der Waals surface area contributed by atoms with Gasteiger partial charge in [-0.25, -0.2) is 0 Å². The first-order valence-electron chi connectivity index (χ1n) is 10.7. The van der Waals surface area contributed by atoms with Gasteiger partial charge in [0.15, 0.2) is 11.6 Å². The molecule has 3 heteroatoms. The molecular formula is C30H20O3. The average Bonchev–Trinajstić information content (AvgIpc) is 3.39. The predicted molar refractivity (Wildman–Crippen MR) is 129 cm³/mol. The van der Waals surface area contributed by atoms with E-state index < -0.39 is 0 Å². The minimum absolute atomic E-state index is 0.00702. The second-order valence-corrected chi connectivity index (χ2v) is 7.71. The van der Waals surface area contributed by atoms with Crippen LogP contribution in [-0.4, -0.2) is 11.6 Å². The van der Waals surface area contributed by atoms with Crippen molar-refractivity contribution in [3.8, 4) is 22.6 Å². The maximum absolute atomic E-state index is 12.6. The molecule has 4 aromatic carbocycles. The number of carbonyl (C=O) groups is 2. The van der Waals surface area contributed by atoms with Crippen LogP contribution in [0.5, 0.6) is 0 Å². The monoisotopic (exact) mass is 428 g/mol. The minimum atomic E-state index is -0.00702. The summed E-state index contributed by atoms with van der Waals surface area (Å²) in [5.74, 6) is 1.42. The van der Waals surface area contributed by atoms with E-state index >= 15 is 0 Å². The molecule has 0 radical (unpaired) electrons. The lowest BCUT2D eigenvalue weighted by Crippen LogP contribution is -2.00. The van der Waals surface area contributed by atoms with Gasteiger partial charge >= 0.3 is 0 Å². The zero-order chi connectivity index (χ0) is 22.6. The molecule has 1 aromatic heterocycles. The summed E-state index contributed by atoms with van der Waals surface area (Å²) in [6.45, 7) is 0. The summed E-state index contributed by atoms with van der Waals surface area (Å²) in [7, 11) is 0. The molecule has 3 nitrogen and oxygen atoms in total. The van der Waals surface area contributed by atoms with Gasteiger partial charge in [0.25, 0.3) is 0 Å². The van der Waals surface area contributed by atoms with Crippen molar-refractivity contribution in [1.29, 1.82) is 0 Å². The molecule has 0 saturated carbocycles. The number of carbonyl (C=O) groups excluding carboxylic acids is 2. The maximum atomic E-state index is 12.6. The third kappa shape index (κ3) is 4.30. The van der Waals surface area contributed by atoms with Crippen LogP contribution in [0.2, 0.25) is 0 Å². The minimum Gasteiger partial charge on any atom is -0.456 e. The fourth-order valence-corrected chi connectivity index (χ4v) is 3.73. The molecule has 1 heterocycles. The third-order valence-electron chi connectivity index (χ3n) is 5.54. The summed E-state index contributed by atoms with van der Waals surface area (Å²) in [4.78, 5) is 25.2. The Kier molecular flexibility index (Phi) is 5.52. The van der Waals surface area contributed by atoms with Crippen LogP contribution in [0.1, 0.15) is 31.8 Å². The van der Waals surface area contributed by atoms with E-state index in [2.05, 4.69) is 0 Å². The summed E-state index contributed by atoms with van der Waals surface area (Å²) in [5, 5.41) is 0. The Hall–Kier alpha value is -4.50. The van der Waals surface area contributed by atoms with Crippen molar-refractivity contribution in [2.24, 2.45) is 0 Å². The number of furan rings is 1. The molecule has 0 bridgehead atoms. The third-order valence-corrected chi connectivity index (χ3v) is 5.54. The maximum Gasteiger partial charge on any atom is 0.193 e. The first-order valence-corrected chi connectivity index (χ1v) is 10.7. The quantitative estimate of drug-likeness (QED) is 0.272. The molecule has 0 spiro atoms. The Labute approximate surface area is 192 Å². The van der Waals surface area contributed by atoms with Gasteiger partial charge < -0.3 is 4.42 Å². The van der Waals surface area contributed by atoms with Gasteiger partial charge in [-0.2, -0.15) is 0 Å². The van der Waals surface area contributed by atoms with E-state index in [9.17, 15) is 9.59 Å². The van der Waals surface area contributed by atoms with Gasteiger partial charge in [-0.3, -0.25) is 9.59 Å². The van der Waals surface area contributed by atoms with Gasteiger partial charge in [-0.1, -0.05) is 109 Å². The number of ketones is 2. The Morgan fingerprint density at radius 2 is 0.727 bits per heavy atom.